The Balaban J connectivity index is 1.18. The standard InChI is InChI=1S/C44H27N3/c1-2-12-29(13-3-1)47-41-21-11-10-18-36(41)39-26-28(22-25-42(39)47)30-23-24-35(32-15-5-4-14-31(30)32)40-27-45-43-37-19-8-6-16-33(37)34-17-7-9-20-38(34)44(43)46-40/h1-27H. The minimum absolute atomic E-state index is 0.877. The molecule has 8 aromatic carbocycles. The molecule has 218 valence electrons. The van der Waals surface area contributed by atoms with Crippen LogP contribution in [-0.2, 0) is 0 Å². The Morgan fingerprint density at radius 3 is 1.68 bits per heavy atom. The van der Waals surface area contributed by atoms with Crippen molar-refractivity contribution in [2.75, 3.05) is 0 Å². The van der Waals surface area contributed by atoms with Gasteiger partial charge >= 0.3 is 0 Å². The number of para-hydroxylation sites is 2. The maximum absolute atomic E-state index is 5.32. The monoisotopic (exact) mass is 597 g/mol. The summed E-state index contributed by atoms with van der Waals surface area (Å²) in [5.74, 6) is 0. The normalized spacial score (nSPS) is 11.8. The lowest BCUT2D eigenvalue weighted by Gasteiger charge is -2.14. The Labute approximate surface area is 271 Å². The third-order valence-electron chi connectivity index (χ3n) is 9.63. The summed E-state index contributed by atoms with van der Waals surface area (Å²) in [5.41, 5.74) is 9.80. The topological polar surface area (TPSA) is 30.7 Å². The van der Waals surface area contributed by atoms with Gasteiger partial charge in [-0.2, -0.15) is 0 Å². The molecule has 0 bridgehead atoms. The second kappa shape index (κ2) is 10.1. The van der Waals surface area contributed by atoms with Crippen LogP contribution in [0.25, 0.3) is 93.2 Å². The van der Waals surface area contributed by atoms with E-state index in [9.17, 15) is 0 Å². The summed E-state index contributed by atoms with van der Waals surface area (Å²) >= 11 is 0. The van der Waals surface area contributed by atoms with Crippen molar-refractivity contribution in [3.05, 3.63) is 164 Å². The Hall–Kier alpha value is -6.32. The number of fused-ring (bicyclic) bond motifs is 10. The molecule has 0 saturated heterocycles. The summed E-state index contributed by atoms with van der Waals surface area (Å²) in [5, 5.41) is 9.51. The predicted molar refractivity (Wildman–Crippen MR) is 197 cm³/mol. The second-order valence-electron chi connectivity index (χ2n) is 12.2. The highest BCUT2D eigenvalue weighted by molar-refractivity contribution is 6.23. The fourth-order valence-corrected chi connectivity index (χ4v) is 7.52. The van der Waals surface area contributed by atoms with Crippen LogP contribution < -0.4 is 0 Å². The van der Waals surface area contributed by atoms with Gasteiger partial charge in [0.1, 0.15) is 0 Å². The maximum Gasteiger partial charge on any atom is 0.0979 e. The summed E-state index contributed by atoms with van der Waals surface area (Å²) in [4.78, 5) is 10.4. The molecule has 0 radical (unpaired) electrons. The van der Waals surface area contributed by atoms with Crippen LogP contribution in [0.3, 0.4) is 0 Å². The molecule has 0 fully saturated rings. The third-order valence-corrected chi connectivity index (χ3v) is 9.63. The van der Waals surface area contributed by atoms with Gasteiger partial charge in [-0.25, -0.2) is 4.98 Å². The van der Waals surface area contributed by atoms with Crippen LogP contribution in [0.5, 0.6) is 0 Å². The highest BCUT2D eigenvalue weighted by Gasteiger charge is 2.17. The highest BCUT2D eigenvalue weighted by atomic mass is 15.0. The van der Waals surface area contributed by atoms with Gasteiger partial charge in [0, 0.05) is 32.8 Å². The van der Waals surface area contributed by atoms with Crippen LogP contribution in [0.15, 0.2) is 164 Å². The van der Waals surface area contributed by atoms with Gasteiger partial charge in [0.05, 0.1) is 34.0 Å². The van der Waals surface area contributed by atoms with Gasteiger partial charge in [-0.1, -0.05) is 127 Å². The van der Waals surface area contributed by atoms with Gasteiger partial charge < -0.3 is 4.57 Å². The van der Waals surface area contributed by atoms with Crippen molar-refractivity contribution in [1.29, 1.82) is 0 Å². The number of aromatic nitrogens is 3. The SMILES string of the molecule is c1ccc(-n2c3ccccc3c3cc(-c4ccc(-c5cnc6c7ccccc7c7ccccc7c6n5)c5ccccc45)ccc32)cc1. The molecule has 47 heavy (non-hydrogen) atoms. The summed E-state index contributed by atoms with van der Waals surface area (Å²) in [6.45, 7) is 0. The van der Waals surface area contributed by atoms with E-state index in [0.717, 1.165) is 38.4 Å². The highest BCUT2D eigenvalue weighted by Crippen LogP contribution is 2.40. The third kappa shape index (κ3) is 3.87. The first-order valence-electron chi connectivity index (χ1n) is 16.0. The largest absolute Gasteiger partial charge is 0.309 e. The number of benzene rings is 8. The molecule has 0 aliphatic heterocycles. The molecular weight excluding hydrogens is 571 g/mol. The molecule has 0 unspecified atom stereocenters. The Bertz CT molecular complexity index is 2810. The molecule has 0 amide bonds. The average molecular weight is 598 g/mol. The second-order valence-corrected chi connectivity index (χ2v) is 12.2. The van der Waals surface area contributed by atoms with Crippen molar-refractivity contribution >= 4 is 65.2 Å². The van der Waals surface area contributed by atoms with Crippen LogP contribution >= 0.6 is 0 Å². The van der Waals surface area contributed by atoms with Gasteiger partial charge in [-0.05, 0) is 63.0 Å². The number of nitrogens with zero attached hydrogens (tertiary/aromatic N) is 3. The Kier molecular flexibility index (Phi) is 5.57. The molecule has 2 heterocycles. The van der Waals surface area contributed by atoms with Crippen LogP contribution in [0.4, 0.5) is 0 Å². The van der Waals surface area contributed by atoms with E-state index in [1.165, 1.54) is 54.8 Å². The summed E-state index contributed by atoms with van der Waals surface area (Å²) in [6, 6.07) is 56.4. The van der Waals surface area contributed by atoms with Crippen molar-refractivity contribution in [2.24, 2.45) is 0 Å². The van der Waals surface area contributed by atoms with Crippen molar-refractivity contribution in [2.45, 2.75) is 0 Å². The van der Waals surface area contributed by atoms with Crippen molar-refractivity contribution in [3.8, 4) is 28.1 Å². The molecule has 3 nitrogen and oxygen atoms in total. The van der Waals surface area contributed by atoms with Crippen LogP contribution in [0.2, 0.25) is 0 Å². The minimum Gasteiger partial charge on any atom is -0.309 e. The van der Waals surface area contributed by atoms with Gasteiger partial charge in [-0.15, -0.1) is 0 Å². The lowest BCUT2D eigenvalue weighted by atomic mass is 9.93. The Morgan fingerprint density at radius 2 is 0.936 bits per heavy atom. The maximum atomic E-state index is 5.32. The van der Waals surface area contributed by atoms with Crippen molar-refractivity contribution < 1.29 is 0 Å². The zero-order valence-corrected chi connectivity index (χ0v) is 25.4. The first-order chi connectivity index (χ1) is 23.3. The molecular formula is C44H27N3. The zero-order valence-electron chi connectivity index (χ0n) is 25.4. The molecule has 3 heteroatoms. The van der Waals surface area contributed by atoms with E-state index in [1.54, 1.807) is 0 Å². The van der Waals surface area contributed by atoms with Gasteiger partial charge in [-0.3, -0.25) is 4.98 Å². The van der Waals surface area contributed by atoms with E-state index < -0.39 is 0 Å². The predicted octanol–water partition coefficient (Wildman–Crippen LogP) is 11.5. The van der Waals surface area contributed by atoms with E-state index in [1.807, 2.05) is 6.20 Å². The van der Waals surface area contributed by atoms with E-state index in [2.05, 4.69) is 162 Å². The fraction of sp³-hybridized carbons (Fsp3) is 0. The molecule has 0 aliphatic rings. The fourth-order valence-electron chi connectivity index (χ4n) is 7.52. The molecule has 10 rings (SSSR count). The average Bonchev–Trinajstić information content (AvgIpc) is 3.48. The quantitative estimate of drug-likeness (QED) is 0.190. The number of rotatable bonds is 3. The molecule has 0 spiro atoms. The van der Waals surface area contributed by atoms with Crippen LogP contribution in [0.1, 0.15) is 0 Å². The van der Waals surface area contributed by atoms with E-state index in [4.69, 9.17) is 9.97 Å². The molecule has 0 N–H and O–H groups in total. The minimum atomic E-state index is 0.877. The molecule has 10 aromatic rings. The molecule has 0 saturated carbocycles. The van der Waals surface area contributed by atoms with Gasteiger partial charge in [0.2, 0.25) is 0 Å². The molecule has 2 aromatic heterocycles. The van der Waals surface area contributed by atoms with Crippen molar-refractivity contribution in [1.82, 2.24) is 14.5 Å². The summed E-state index contributed by atoms with van der Waals surface area (Å²) in [7, 11) is 0. The smallest absolute Gasteiger partial charge is 0.0979 e. The lowest BCUT2D eigenvalue weighted by molar-refractivity contribution is 1.18. The molecule has 0 atom stereocenters. The van der Waals surface area contributed by atoms with Gasteiger partial charge in [0.15, 0.2) is 0 Å². The summed E-state index contributed by atoms with van der Waals surface area (Å²) < 4.78 is 2.36. The number of hydrogen-bond donors (Lipinski definition) is 0. The van der Waals surface area contributed by atoms with Crippen LogP contribution in [-0.4, -0.2) is 14.5 Å². The first-order valence-corrected chi connectivity index (χ1v) is 16.0. The first kappa shape index (κ1) is 26.0. The molecule has 0 aliphatic carbocycles. The summed E-state index contributed by atoms with van der Waals surface area (Å²) in [6.07, 6.45) is 1.94. The van der Waals surface area contributed by atoms with Crippen molar-refractivity contribution in [3.63, 3.8) is 0 Å². The van der Waals surface area contributed by atoms with E-state index in [0.29, 0.717) is 0 Å². The lowest BCUT2D eigenvalue weighted by Crippen LogP contribution is -1.94. The number of hydrogen-bond acceptors (Lipinski definition) is 2. The van der Waals surface area contributed by atoms with E-state index in [-0.39, 0.29) is 0 Å². The van der Waals surface area contributed by atoms with E-state index >= 15 is 0 Å². The van der Waals surface area contributed by atoms with Gasteiger partial charge in [0.25, 0.3) is 0 Å². The van der Waals surface area contributed by atoms with Crippen LogP contribution in [0, 0.1) is 0 Å². The zero-order chi connectivity index (χ0) is 30.9. The Morgan fingerprint density at radius 1 is 0.383 bits per heavy atom.